The summed E-state index contributed by atoms with van der Waals surface area (Å²) in [4.78, 5) is 0. The number of alkyl halides is 3. The van der Waals surface area contributed by atoms with Gasteiger partial charge in [-0.25, -0.2) is 0 Å². The van der Waals surface area contributed by atoms with Gasteiger partial charge >= 0.3 is 3.98 Å². The molecule has 0 radical (unpaired) electrons. The van der Waals surface area contributed by atoms with Crippen LogP contribution in [0.15, 0.2) is 18.2 Å². The Balaban J connectivity index is 2.95. The number of halogens is 3. The van der Waals surface area contributed by atoms with E-state index in [1.807, 2.05) is 26.0 Å². The summed E-state index contributed by atoms with van der Waals surface area (Å²) in [5, 5.41) is 0. The molecular weight excluding hydrogens is 258 g/mol. The van der Waals surface area contributed by atoms with E-state index in [2.05, 4.69) is 0 Å². The second-order valence-electron chi connectivity index (χ2n) is 2.93. The van der Waals surface area contributed by atoms with Crippen LogP contribution in [0.25, 0.3) is 0 Å². The maximum Gasteiger partial charge on any atom is 0.338 e. The summed E-state index contributed by atoms with van der Waals surface area (Å²) in [5.74, 6) is 0.992. The molecule has 0 spiro atoms. The van der Waals surface area contributed by atoms with E-state index in [-0.39, 0.29) is 0 Å². The molecule has 0 amide bonds. The molecule has 0 heterocycles. The van der Waals surface area contributed by atoms with Gasteiger partial charge in [-0.05, 0) is 66.3 Å². The molecule has 1 rings (SSSR count). The van der Waals surface area contributed by atoms with Crippen LogP contribution in [0, 0.1) is 6.92 Å². The van der Waals surface area contributed by atoms with Crippen molar-refractivity contribution < 1.29 is 9.47 Å². The summed E-state index contributed by atoms with van der Waals surface area (Å²) < 4.78 is 8.70. The first-order chi connectivity index (χ1) is 6.92. The van der Waals surface area contributed by atoms with E-state index in [4.69, 9.17) is 44.3 Å². The first kappa shape index (κ1) is 12.8. The van der Waals surface area contributed by atoms with Gasteiger partial charge in [0.05, 0.1) is 6.61 Å². The van der Waals surface area contributed by atoms with Crippen LogP contribution in [-0.2, 0) is 0 Å². The molecule has 0 aliphatic rings. The van der Waals surface area contributed by atoms with Crippen molar-refractivity contribution in [2.24, 2.45) is 0 Å². The summed E-state index contributed by atoms with van der Waals surface area (Å²) >= 11 is 16.6. The molecule has 1 aromatic carbocycles. The SMILES string of the molecule is CCOc1cc(C)ccc1OC(Cl)(Cl)Cl. The molecule has 1 aromatic rings. The van der Waals surface area contributed by atoms with Crippen molar-refractivity contribution in [1.82, 2.24) is 0 Å². The van der Waals surface area contributed by atoms with E-state index in [9.17, 15) is 0 Å². The summed E-state index contributed by atoms with van der Waals surface area (Å²) in [6.07, 6.45) is 0. The summed E-state index contributed by atoms with van der Waals surface area (Å²) in [6, 6.07) is 5.39. The van der Waals surface area contributed by atoms with E-state index in [0.29, 0.717) is 18.1 Å². The summed E-state index contributed by atoms with van der Waals surface area (Å²) in [5.41, 5.74) is 1.05. The Hall–Kier alpha value is -0.310. The quantitative estimate of drug-likeness (QED) is 0.769. The van der Waals surface area contributed by atoms with E-state index < -0.39 is 3.98 Å². The molecule has 0 atom stereocenters. The average Bonchev–Trinajstić information content (AvgIpc) is 2.08. The van der Waals surface area contributed by atoms with Crippen LogP contribution < -0.4 is 9.47 Å². The lowest BCUT2D eigenvalue weighted by Crippen LogP contribution is -2.13. The predicted molar refractivity (Wildman–Crippen MR) is 63.3 cm³/mol. The molecule has 15 heavy (non-hydrogen) atoms. The molecule has 0 aromatic heterocycles. The number of aryl methyl sites for hydroxylation is 1. The monoisotopic (exact) mass is 268 g/mol. The third-order valence-electron chi connectivity index (χ3n) is 1.62. The zero-order valence-corrected chi connectivity index (χ0v) is 10.7. The van der Waals surface area contributed by atoms with Crippen molar-refractivity contribution >= 4 is 34.8 Å². The van der Waals surface area contributed by atoms with Gasteiger partial charge in [-0.1, -0.05) is 6.07 Å². The third-order valence-corrected chi connectivity index (χ3v) is 1.86. The fourth-order valence-corrected chi connectivity index (χ4v) is 1.34. The zero-order valence-electron chi connectivity index (χ0n) is 8.39. The Bertz CT molecular complexity index is 334. The van der Waals surface area contributed by atoms with E-state index in [1.165, 1.54) is 0 Å². The first-order valence-corrected chi connectivity index (χ1v) is 5.55. The molecular formula is C10H11Cl3O2. The highest BCUT2D eigenvalue weighted by Crippen LogP contribution is 2.36. The lowest BCUT2D eigenvalue weighted by atomic mass is 10.2. The minimum atomic E-state index is -1.78. The minimum absolute atomic E-state index is 0.419. The molecule has 0 bridgehead atoms. The molecule has 5 heteroatoms. The molecule has 2 nitrogen and oxygen atoms in total. The Labute approximate surface area is 104 Å². The first-order valence-electron chi connectivity index (χ1n) is 4.41. The topological polar surface area (TPSA) is 18.5 Å². The fraction of sp³-hybridized carbons (Fsp3) is 0.400. The second-order valence-corrected chi connectivity index (χ2v) is 5.11. The van der Waals surface area contributed by atoms with Gasteiger partial charge < -0.3 is 9.47 Å². The maximum absolute atomic E-state index is 5.53. The van der Waals surface area contributed by atoms with Crippen LogP contribution in [0.2, 0.25) is 0 Å². The molecule has 0 saturated heterocycles. The molecule has 0 aliphatic carbocycles. The van der Waals surface area contributed by atoms with Crippen LogP contribution in [-0.4, -0.2) is 10.6 Å². The molecule has 0 aliphatic heterocycles. The highest BCUT2D eigenvalue weighted by molar-refractivity contribution is 6.66. The standard InChI is InChI=1S/C10H11Cl3O2/c1-3-14-9-6-7(2)4-5-8(9)15-10(11,12)13/h4-6H,3H2,1-2H3. The van der Waals surface area contributed by atoms with Gasteiger partial charge in [0.1, 0.15) is 0 Å². The zero-order chi connectivity index (χ0) is 11.5. The molecule has 0 N–H and O–H groups in total. The molecule has 0 saturated carbocycles. The molecule has 0 unspecified atom stereocenters. The molecule has 84 valence electrons. The van der Waals surface area contributed by atoms with Crippen LogP contribution in [0.3, 0.4) is 0 Å². The number of hydrogen-bond acceptors (Lipinski definition) is 2. The normalized spacial score (nSPS) is 11.3. The van der Waals surface area contributed by atoms with Crippen molar-refractivity contribution in [2.45, 2.75) is 17.8 Å². The van der Waals surface area contributed by atoms with Crippen LogP contribution in [0.4, 0.5) is 0 Å². The number of ether oxygens (including phenoxy) is 2. The lowest BCUT2D eigenvalue weighted by Gasteiger charge is -2.17. The number of rotatable bonds is 3. The van der Waals surface area contributed by atoms with Gasteiger partial charge in [-0.15, -0.1) is 0 Å². The van der Waals surface area contributed by atoms with Gasteiger partial charge in [0.25, 0.3) is 0 Å². The highest BCUT2D eigenvalue weighted by atomic mass is 35.6. The molecule has 0 fully saturated rings. The smallest absolute Gasteiger partial charge is 0.338 e. The second kappa shape index (κ2) is 5.15. The van der Waals surface area contributed by atoms with Crippen molar-refractivity contribution in [3.8, 4) is 11.5 Å². The van der Waals surface area contributed by atoms with Crippen molar-refractivity contribution in [3.05, 3.63) is 23.8 Å². The third kappa shape index (κ3) is 4.37. The largest absolute Gasteiger partial charge is 0.490 e. The highest BCUT2D eigenvalue weighted by Gasteiger charge is 2.23. The Kier molecular flexibility index (Phi) is 4.38. The fourth-order valence-electron chi connectivity index (χ4n) is 1.09. The van der Waals surface area contributed by atoms with Crippen LogP contribution >= 0.6 is 34.8 Å². The number of hydrogen-bond donors (Lipinski definition) is 0. The summed E-state index contributed by atoms with van der Waals surface area (Å²) in [6.45, 7) is 4.35. The minimum Gasteiger partial charge on any atom is -0.490 e. The lowest BCUT2D eigenvalue weighted by molar-refractivity contribution is 0.277. The van der Waals surface area contributed by atoms with Crippen LogP contribution in [0.5, 0.6) is 11.5 Å². The van der Waals surface area contributed by atoms with Gasteiger partial charge in [0, 0.05) is 0 Å². The van der Waals surface area contributed by atoms with E-state index in [0.717, 1.165) is 5.56 Å². The van der Waals surface area contributed by atoms with E-state index in [1.54, 1.807) is 6.07 Å². The predicted octanol–water partition coefficient (Wildman–Crippen LogP) is 4.10. The van der Waals surface area contributed by atoms with Gasteiger partial charge in [0.2, 0.25) is 0 Å². The number of benzene rings is 1. The average molecular weight is 270 g/mol. The Morgan fingerprint density at radius 1 is 1.20 bits per heavy atom. The van der Waals surface area contributed by atoms with Crippen molar-refractivity contribution in [1.29, 1.82) is 0 Å². The van der Waals surface area contributed by atoms with Gasteiger partial charge in [-0.3, -0.25) is 0 Å². The van der Waals surface area contributed by atoms with Crippen molar-refractivity contribution in [2.75, 3.05) is 6.61 Å². The maximum atomic E-state index is 5.53. The Morgan fingerprint density at radius 3 is 2.40 bits per heavy atom. The Morgan fingerprint density at radius 2 is 1.87 bits per heavy atom. The van der Waals surface area contributed by atoms with Crippen LogP contribution in [0.1, 0.15) is 12.5 Å². The van der Waals surface area contributed by atoms with Gasteiger partial charge in [-0.2, -0.15) is 0 Å². The van der Waals surface area contributed by atoms with Gasteiger partial charge in [0.15, 0.2) is 11.5 Å². The van der Waals surface area contributed by atoms with E-state index >= 15 is 0 Å². The summed E-state index contributed by atoms with van der Waals surface area (Å²) in [7, 11) is 0. The van der Waals surface area contributed by atoms with Crippen molar-refractivity contribution in [3.63, 3.8) is 0 Å².